The molecule has 5 heteroatoms. The van der Waals surface area contributed by atoms with Crippen LogP contribution in [0.2, 0.25) is 5.02 Å². The highest BCUT2D eigenvalue weighted by Gasteiger charge is 2.33. The summed E-state index contributed by atoms with van der Waals surface area (Å²) in [6.45, 7) is 6.01. The monoisotopic (exact) mass is 322 g/mol. The zero-order valence-corrected chi connectivity index (χ0v) is 14.0. The third-order valence-electron chi connectivity index (χ3n) is 4.84. The van der Waals surface area contributed by atoms with Crippen molar-refractivity contribution < 1.29 is 9.53 Å². The van der Waals surface area contributed by atoms with Crippen molar-refractivity contribution >= 4 is 17.5 Å². The van der Waals surface area contributed by atoms with E-state index in [9.17, 15) is 4.79 Å². The van der Waals surface area contributed by atoms with Crippen molar-refractivity contribution in [2.75, 3.05) is 33.3 Å². The highest BCUT2D eigenvalue weighted by molar-refractivity contribution is 6.35. The number of methoxy groups -OCH3 is 1. The van der Waals surface area contributed by atoms with E-state index in [1.54, 1.807) is 19.2 Å². The highest BCUT2D eigenvalue weighted by Crippen LogP contribution is 2.30. The van der Waals surface area contributed by atoms with E-state index in [0.29, 0.717) is 22.4 Å². The molecular weight excluding hydrogens is 300 g/mol. The van der Waals surface area contributed by atoms with Crippen molar-refractivity contribution in [3.8, 4) is 5.75 Å². The van der Waals surface area contributed by atoms with Crippen LogP contribution in [0.15, 0.2) is 18.2 Å². The van der Waals surface area contributed by atoms with Gasteiger partial charge in [-0.3, -0.25) is 9.69 Å². The largest absolute Gasteiger partial charge is 0.495 e. The van der Waals surface area contributed by atoms with E-state index < -0.39 is 0 Å². The number of hydrogen-bond donors (Lipinski definition) is 0. The summed E-state index contributed by atoms with van der Waals surface area (Å²) in [4.78, 5) is 17.3. The lowest BCUT2D eigenvalue weighted by molar-refractivity contribution is 0.0269. The van der Waals surface area contributed by atoms with Gasteiger partial charge in [-0.2, -0.15) is 0 Å². The van der Waals surface area contributed by atoms with Crippen LogP contribution in [0.3, 0.4) is 0 Å². The third-order valence-corrected chi connectivity index (χ3v) is 5.23. The van der Waals surface area contributed by atoms with Gasteiger partial charge in [0, 0.05) is 32.2 Å². The highest BCUT2D eigenvalue weighted by atomic mass is 35.5. The van der Waals surface area contributed by atoms with Crippen molar-refractivity contribution in [1.82, 2.24) is 9.80 Å². The Balaban J connectivity index is 1.74. The van der Waals surface area contributed by atoms with Gasteiger partial charge in [0.1, 0.15) is 5.75 Å². The van der Waals surface area contributed by atoms with E-state index in [2.05, 4.69) is 11.8 Å². The predicted molar refractivity (Wildman–Crippen MR) is 87.7 cm³/mol. The fourth-order valence-electron chi connectivity index (χ4n) is 3.56. The summed E-state index contributed by atoms with van der Waals surface area (Å²) in [5, 5.41) is 0.412. The Morgan fingerprint density at radius 3 is 2.86 bits per heavy atom. The number of benzene rings is 1. The van der Waals surface area contributed by atoms with Gasteiger partial charge in [0.05, 0.1) is 17.7 Å². The van der Waals surface area contributed by atoms with Crippen LogP contribution in [0.5, 0.6) is 5.75 Å². The number of carbonyl (C=O) groups is 1. The molecule has 120 valence electrons. The number of piperazine rings is 1. The molecule has 0 spiro atoms. The predicted octanol–water partition coefficient (Wildman–Crippen LogP) is 2.90. The van der Waals surface area contributed by atoms with E-state index in [0.717, 1.165) is 32.1 Å². The van der Waals surface area contributed by atoms with Crippen molar-refractivity contribution in [3.05, 3.63) is 28.8 Å². The van der Waals surface area contributed by atoms with E-state index in [1.165, 1.54) is 12.8 Å². The number of ether oxygens (including phenoxy) is 1. The molecule has 2 unspecified atom stereocenters. The number of amides is 1. The van der Waals surface area contributed by atoms with Crippen LogP contribution in [0, 0.1) is 5.92 Å². The van der Waals surface area contributed by atoms with Crippen LogP contribution in [0.4, 0.5) is 0 Å². The molecule has 0 radical (unpaired) electrons. The number of piperidine rings is 1. The molecule has 0 saturated carbocycles. The fraction of sp³-hybridized carbons (Fsp3) is 0.588. The summed E-state index contributed by atoms with van der Waals surface area (Å²) in [7, 11) is 1.57. The fourth-order valence-corrected chi connectivity index (χ4v) is 3.85. The molecule has 2 saturated heterocycles. The first kappa shape index (κ1) is 15.6. The molecule has 3 rings (SSSR count). The second-order valence-corrected chi connectivity index (χ2v) is 6.78. The van der Waals surface area contributed by atoms with Gasteiger partial charge in [-0.15, -0.1) is 0 Å². The number of carbonyl (C=O) groups excluding carboxylic acids is 1. The second kappa shape index (κ2) is 6.47. The molecule has 2 aliphatic rings. The molecule has 0 aromatic heterocycles. The van der Waals surface area contributed by atoms with Crippen LogP contribution >= 0.6 is 11.6 Å². The standard InChI is InChI=1S/C17H23ClN2O2/c1-12-6-7-13-11-20(9-8-19(13)10-12)17(21)14-4-3-5-15(22-2)16(14)18/h3-5,12-13H,6-11H2,1-2H3. The van der Waals surface area contributed by atoms with Gasteiger partial charge in [0.25, 0.3) is 5.91 Å². The van der Waals surface area contributed by atoms with E-state index in [4.69, 9.17) is 16.3 Å². The Morgan fingerprint density at radius 2 is 2.09 bits per heavy atom. The summed E-state index contributed by atoms with van der Waals surface area (Å²) in [6, 6.07) is 5.87. The normalized spacial score (nSPS) is 25.7. The number of nitrogens with zero attached hydrogens (tertiary/aromatic N) is 2. The number of fused-ring (bicyclic) bond motifs is 1. The zero-order chi connectivity index (χ0) is 15.7. The van der Waals surface area contributed by atoms with Crippen molar-refractivity contribution in [2.24, 2.45) is 5.92 Å². The van der Waals surface area contributed by atoms with Crippen LogP contribution in [-0.4, -0.2) is 55.0 Å². The van der Waals surface area contributed by atoms with Crippen LogP contribution in [0.1, 0.15) is 30.1 Å². The molecule has 0 bridgehead atoms. The molecule has 2 atom stereocenters. The number of hydrogen-bond acceptors (Lipinski definition) is 3. The Labute approximate surface area is 137 Å². The molecule has 1 amide bonds. The van der Waals surface area contributed by atoms with Gasteiger partial charge in [-0.25, -0.2) is 0 Å². The average Bonchev–Trinajstić information content (AvgIpc) is 2.54. The average molecular weight is 323 g/mol. The first-order valence-corrected chi connectivity index (χ1v) is 8.33. The molecule has 0 aliphatic carbocycles. The molecule has 22 heavy (non-hydrogen) atoms. The number of rotatable bonds is 2. The lowest BCUT2D eigenvalue weighted by Crippen LogP contribution is -2.57. The van der Waals surface area contributed by atoms with Gasteiger partial charge in [-0.05, 0) is 30.9 Å². The maximum atomic E-state index is 12.8. The summed E-state index contributed by atoms with van der Waals surface area (Å²) < 4.78 is 5.21. The lowest BCUT2D eigenvalue weighted by Gasteiger charge is -2.45. The molecule has 1 aromatic rings. The summed E-state index contributed by atoms with van der Waals surface area (Å²) in [5.74, 6) is 1.34. The Hall–Kier alpha value is -1.26. The van der Waals surface area contributed by atoms with Crippen LogP contribution < -0.4 is 4.74 Å². The zero-order valence-electron chi connectivity index (χ0n) is 13.2. The minimum absolute atomic E-state index is 0.0159. The molecule has 2 aliphatic heterocycles. The van der Waals surface area contributed by atoms with Gasteiger partial charge in [0.2, 0.25) is 0 Å². The quantitative estimate of drug-likeness (QED) is 0.839. The van der Waals surface area contributed by atoms with Crippen molar-refractivity contribution in [3.63, 3.8) is 0 Å². The summed E-state index contributed by atoms with van der Waals surface area (Å²) in [5.41, 5.74) is 0.540. The van der Waals surface area contributed by atoms with Gasteiger partial charge < -0.3 is 9.64 Å². The minimum Gasteiger partial charge on any atom is -0.495 e. The number of halogens is 1. The molecule has 1 aromatic carbocycles. The third kappa shape index (κ3) is 2.95. The maximum Gasteiger partial charge on any atom is 0.255 e. The topological polar surface area (TPSA) is 32.8 Å². The maximum absolute atomic E-state index is 12.8. The molecule has 0 N–H and O–H groups in total. The van der Waals surface area contributed by atoms with Crippen LogP contribution in [-0.2, 0) is 0 Å². The van der Waals surface area contributed by atoms with Gasteiger partial charge >= 0.3 is 0 Å². The minimum atomic E-state index is 0.0159. The van der Waals surface area contributed by atoms with E-state index >= 15 is 0 Å². The van der Waals surface area contributed by atoms with Gasteiger partial charge in [0.15, 0.2) is 0 Å². The molecular formula is C17H23ClN2O2. The second-order valence-electron chi connectivity index (χ2n) is 6.40. The summed E-state index contributed by atoms with van der Waals surface area (Å²) >= 11 is 6.30. The Bertz CT molecular complexity index is 564. The van der Waals surface area contributed by atoms with Crippen LogP contribution in [0.25, 0.3) is 0 Å². The van der Waals surface area contributed by atoms with E-state index in [1.807, 2.05) is 11.0 Å². The SMILES string of the molecule is COc1cccc(C(=O)N2CCN3CC(C)CCC3C2)c1Cl. The smallest absolute Gasteiger partial charge is 0.255 e. The van der Waals surface area contributed by atoms with Crippen molar-refractivity contribution in [2.45, 2.75) is 25.8 Å². The van der Waals surface area contributed by atoms with Gasteiger partial charge in [-0.1, -0.05) is 24.6 Å². The molecule has 2 heterocycles. The molecule has 2 fully saturated rings. The molecule has 4 nitrogen and oxygen atoms in total. The summed E-state index contributed by atoms with van der Waals surface area (Å²) in [6.07, 6.45) is 2.43. The van der Waals surface area contributed by atoms with E-state index in [-0.39, 0.29) is 5.91 Å². The Kier molecular flexibility index (Phi) is 4.59. The Morgan fingerprint density at radius 1 is 1.27 bits per heavy atom. The first-order valence-electron chi connectivity index (χ1n) is 7.96. The first-order chi connectivity index (χ1) is 10.6. The lowest BCUT2D eigenvalue weighted by atomic mass is 9.92. The van der Waals surface area contributed by atoms with Crippen molar-refractivity contribution in [1.29, 1.82) is 0 Å².